The van der Waals surface area contributed by atoms with Crippen LogP contribution in [0.3, 0.4) is 0 Å². The molecule has 1 aromatic heterocycles. The quantitative estimate of drug-likeness (QED) is 0.942. The normalized spacial score (nSPS) is 10.6. The summed E-state index contributed by atoms with van der Waals surface area (Å²) < 4.78 is 6.83. The summed E-state index contributed by atoms with van der Waals surface area (Å²) in [7, 11) is 1.57. The Labute approximate surface area is 122 Å². The van der Waals surface area contributed by atoms with Gasteiger partial charge < -0.3 is 15.0 Å². The molecular formula is C15H17ClN2O2. The molecule has 0 saturated heterocycles. The molecule has 1 heterocycles. The Hall–Kier alpha value is -1.78. The molecular weight excluding hydrogens is 276 g/mol. The van der Waals surface area contributed by atoms with E-state index < -0.39 is 0 Å². The molecule has 5 heteroatoms. The molecule has 0 bridgehead atoms. The molecule has 0 unspecified atom stereocenters. The maximum Gasteiger partial charge on any atom is 0.255 e. The Kier molecular flexibility index (Phi) is 4.47. The van der Waals surface area contributed by atoms with E-state index in [1.54, 1.807) is 29.9 Å². The highest BCUT2D eigenvalue weighted by molar-refractivity contribution is 6.32. The van der Waals surface area contributed by atoms with Gasteiger partial charge in [-0.15, -0.1) is 0 Å². The molecule has 20 heavy (non-hydrogen) atoms. The van der Waals surface area contributed by atoms with Gasteiger partial charge >= 0.3 is 0 Å². The van der Waals surface area contributed by atoms with Gasteiger partial charge in [0.2, 0.25) is 0 Å². The first-order chi connectivity index (χ1) is 9.62. The molecule has 0 aliphatic rings. The maximum absolute atomic E-state index is 12.3. The summed E-state index contributed by atoms with van der Waals surface area (Å²) in [5.74, 6) is 0.611. The van der Waals surface area contributed by atoms with E-state index in [-0.39, 0.29) is 12.1 Å². The van der Waals surface area contributed by atoms with Crippen LogP contribution in [0, 0.1) is 0 Å². The molecule has 0 amide bonds. The van der Waals surface area contributed by atoms with Crippen LogP contribution in [0.5, 0.6) is 5.75 Å². The Morgan fingerprint density at radius 3 is 2.60 bits per heavy atom. The zero-order chi connectivity index (χ0) is 14.7. The van der Waals surface area contributed by atoms with Crippen LogP contribution in [-0.4, -0.2) is 11.7 Å². The molecule has 2 N–H and O–H groups in total. The smallest absolute Gasteiger partial charge is 0.255 e. The molecule has 2 aromatic rings. The third-order valence-electron chi connectivity index (χ3n) is 3.24. The fourth-order valence-electron chi connectivity index (χ4n) is 2.17. The van der Waals surface area contributed by atoms with Crippen molar-refractivity contribution in [2.75, 3.05) is 7.11 Å². The fourth-order valence-corrected chi connectivity index (χ4v) is 2.43. The molecule has 0 fully saturated rings. The van der Waals surface area contributed by atoms with Crippen molar-refractivity contribution in [1.82, 2.24) is 4.57 Å². The van der Waals surface area contributed by atoms with Crippen LogP contribution < -0.4 is 16.0 Å². The molecule has 106 valence electrons. The monoisotopic (exact) mass is 292 g/mol. The van der Waals surface area contributed by atoms with E-state index in [2.05, 4.69) is 0 Å². The molecule has 2 rings (SSSR count). The van der Waals surface area contributed by atoms with Gasteiger partial charge in [0.15, 0.2) is 0 Å². The van der Waals surface area contributed by atoms with E-state index in [1.807, 2.05) is 19.1 Å². The largest absolute Gasteiger partial charge is 0.495 e. The van der Waals surface area contributed by atoms with Crippen LogP contribution >= 0.6 is 11.6 Å². The minimum atomic E-state index is -0.0561. The van der Waals surface area contributed by atoms with Gasteiger partial charge in [0.25, 0.3) is 5.56 Å². The summed E-state index contributed by atoms with van der Waals surface area (Å²) in [6.07, 6.45) is 0. The van der Waals surface area contributed by atoms with E-state index in [9.17, 15) is 4.79 Å². The topological polar surface area (TPSA) is 57.2 Å². The third kappa shape index (κ3) is 2.57. The molecule has 0 spiro atoms. The number of rotatable bonds is 4. The van der Waals surface area contributed by atoms with Crippen molar-refractivity contribution < 1.29 is 4.74 Å². The van der Waals surface area contributed by atoms with Crippen LogP contribution in [0.15, 0.2) is 35.1 Å². The average molecular weight is 293 g/mol. The lowest BCUT2D eigenvalue weighted by Crippen LogP contribution is -2.25. The number of hydrogen-bond acceptors (Lipinski definition) is 3. The number of ether oxygens (including phenoxy) is 1. The van der Waals surface area contributed by atoms with E-state index in [0.29, 0.717) is 22.9 Å². The van der Waals surface area contributed by atoms with Gasteiger partial charge in [-0.3, -0.25) is 4.79 Å². The van der Waals surface area contributed by atoms with Crippen molar-refractivity contribution in [2.24, 2.45) is 5.73 Å². The van der Waals surface area contributed by atoms with Crippen molar-refractivity contribution in [3.05, 3.63) is 51.3 Å². The van der Waals surface area contributed by atoms with Crippen molar-refractivity contribution in [3.8, 4) is 17.0 Å². The number of halogens is 1. The minimum absolute atomic E-state index is 0.0561. The Morgan fingerprint density at radius 2 is 2.05 bits per heavy atom. The van der Waals surface area contributed by atoms with Crippen LogP contribution in [0.2, 0.25) is 5.02 Å². The van der Waals surface area contributed by atoms with Gasteiger partial charge in [0.05, 0.1) is 17.8 Å². The van der Waals surface area contributed by atoms with Gasteiger partial charge in [-0.05, 0) is 36.8 Å². The predicted octanol–water partition coefficient (Wildman–Crippen LogP) is 2.66. The second-order valence-corrected chi connectivity index (χ2v) is 4.75. The molecule has 4 nitrogen and oxygen atoms in total. The summed E-state index contributed by atoms with van der Waals surface area (Å²) in [5.41, 5.74) is 7.82. The lowest BCUT2D eigenvalue weighted by molar-refractivity contribution is 0.415. The number of benzene rings is 1. The van der Waals surface area contributed by atoms with Crippen LogP contribution in [-0.2, 0) is 13.1 Å². The van der Waals surface area contributed by atoms with E-state index in [1.165, 1.54) is 0 Å². The minimum Gasteiger partial charge on any atom is -0.495 e. The van der Waals surface area contributed by atoms with Gasteiger partial charge in [-0.2, -0.15) is 0 Å². The SMILES string of the molecule is CCn1c(-c2ccc(OC)c(Cl)c2)ccc(CN)c1=O. The molecule has 0 aliphatic heterocycles. The van der Waals surface area contributed by atoms with Gasteiger partial charge in [-0.1, -0.05) is 17.7 Å². The third-order valence-corrected chi connectivity index (χ3v) is 3.53. The van der Waals surface area contributed by atoms with E-state index >= 15 is 0 Å². The lowest BCUT2D eigenvalue weighted by atomic mass is 10.1. The van der Waals surface area contributed by atoms with Gasteiger partial charge in [0.1, 0.15) is 5.75 Å². The predicted molar refractivity (Wildman–Crippen MR) is 81.3 cm³/mol. The number of aromatic nitrogens is 1. The maximum atomic E-state index is 12.3. The molecule has 1 aromatic carbocycles. The molecule has 0 radical (unpaired) electrons. The highest BCUT2D eigenvalue weighted by atomic mass is 35.5. The van der Waals surface area contributed by atoms with Crippen LogP contribution in [0.25, 0.3) is 11.3 Å². The Bertz CT molecular complexity index is 680. The zero-order valence-corrected chi connectivity index (χ0v) is 12.3. The van der Waals surface area contributed by atoms with Crippen molar-refractivity contribution in [1.29, 1.82) is 0 Å². The fraction of sp³-hybridized carbons (Fsp3) is 0.267. The summed E-state index contributed by atoms with van der Waals surface area (Å²) >= 11 is 6.14. The summed E-state index contributed by atoms with van der Waals surface area (Å²) in [6.45, 7) is 2.74. The van der Waals surface area contributed by atoms with Crippen molar-refractivity contribution in [2.45, 2.75) is 20.0 Å². The van der Waals surface area contributed by atoms with Crippen molar-refractivity contribution >= 4 is 11.6 Å². The number of pyridine rings is 1. The second-order valence-electron chi connectivity index (χ2n) is 4.35. The molecule has 0 atom stereocenters. The zero-order valence-electron chi connectivity index (χ0n) is 11.5. The highest BCUT2D eigenvalue weighted by Crippen LogP contribution is 2.29. The summed E-state index contributed by atoms with van der Waals surface area (Å²) in [4.78, 5) is 12.3. The first kappa shape index (κ1) is 14.6. The number of nitrogens with zero attached hydrogens (tertiary/aromatic N) is 1. The number of hydrogen-bond donors (Lipinski definition) is 1. The highest BCUT2D eigenvalue weighted by Gasteiger charge is 2.10. The summed E-state index contributed by atoms with van der Waals surface area (Å²) in [6, 6.07) is 9.13. The Morgan fingerprint density at radius 1 is 1.30 bits per heavy atom. The number of methoxy groups -OCH3 is 1. The standard InChI is InChI=1S/C15H17ClN2O2/c1-3-18-13(6-4-11(9-17)15(18)19)10-5-7-14(20-2)12(16)8-10/h4-8H,3,9,17H2,1-2H3. The van der Waals surface area contributed by atoms with E-state index in [4.69, 9.17) is 22.1 Å². The first-order valence-corrected chi connectivity index (χ1v) is 6.76. The number of nitrogens with two attached hydrogens (primary N) is 1. The lowest BCUT2D eigenvalue weighted by Gasteiger charge is -2.13. The van der Waals surface area contributed by atoms with Crippen molar-refractivity contribution in [3.63, 3.8) is 0 Å². The van der Waals surface area contributed by atoms with Crippen LogP contribution in [0.4, 0.5) is 0 Å². The van der Waals surface area contributed by atoms with E-state index in [0.717, 1.165) is 11.3 Å². The molecule has 0 aliphatic carbocycles. The molecule has 0 saturated carbocycles. The second kappa shape index (κ2) is 6.11. The summed E-state index contributed by atoms with van der Waals surface area (Å²) in [5, 5.41) is 0.517. The average Bonchev–Trinajstić information content (AvgIpc) is 2.46. The first-order valence-electron chi connectivity index (χ1n) is 6.39. The van der Waals surface area contributed by atoms with Gasteiger partial charge in [-0.25, -0.2) is 0 Å². The van der Waals surface area contributed by atoms with Crippen LogP contribution in [0.1, 0.15) is 12.5 Å². The Balaban J connectivity index is 2.61. The van der Waals surface area contributed by atoms with Gasteiger partial charge in [0, 0.05) is 18.7 Å².